The average Bonchev–Trinajstić information content (AvgIpc) is 3.50. The van der Waals surface area contributed by atoms with Crippen LogP contribution < -0.4 is 0 Å². The molecule has 2 aromatic carbocycles. The van der Waals surface area contributed by atoms with Crippen LogP contribution in [0.5, 0.6) is 0 Å². The molecule has 158 valence electrons. The Labute approximate surface area is 177 Å². The Morgan fingerprint density at radius 2 is 1.43 bits per heavy atom. The SMILES string of the molecule is O=C(N1CCC2(CC1)OCCN2S(=O)(=O)c1ccccc1)C1(c2ccccc2)CC1. The van der Waals surface area contributed by atoms with Gasteiger partial charge in [0.2, 0.25) is 15.9 Å². The van der Waals surface area contributed by atoms with Gasteiger partial charge in [0.05, 0.1) is 16.9 Å². The highest BCUT2D eigenvalue weighted by molar-refractivity contribution is 7.89. The minimum Gasteiger partial charge on any atom is -0.358 e. The minimum absolute atomic E-state index is 0.166. The van der Waals surface area contributed by atoms with Crippen LogP contribution in [0, 0.1) is 0 Å². The molecule has 5 rings (SSSR count). The zero-order valence-corrected chi connectivity index (χ0v) is 17.7. The van der Waals surface area contributed by atoms with Crippen molar-refractivity contribution in [2.75, 3.05) is 26.2 Å². The summed E-state index contributed by atoms with van der Waals surface area (Å²) in [5.74, 6) is 0.166. The van der Waals surface area contributed by atoms with Crippen molar-refractivity contribution in [3.05, 3.63) is 66.2 Å². The summed E-state index contributed by atoms with van der Waals surface area (Å²) in [7, 11) is -3.64. The molecule has 2 heterocycles. The van der Waals surface area contributed by atoms with E-state index in [4.69, 9.17) is 4.74 Å². The topological polar surface area (TPSA) is 66.9 Å². The van der Waals surface area contributed by atoms with Crippen molar-refractivity contribution in [2.45, 2.75) is 41.7 Å². The van der Waals surface area contributed by atoms with Crippen molar-refractivity contribution in [3.63, 3.8) is 0 Å². The molecule has 0 N–H and O–H groups in total. The lowest BCUT2D eigenvalue weighted by Gasteiger charge is -2.43. The van der Waals surface area contributed by atoms with Gasteiger partial charge in [-0.3, -0.25) is 4.79 Å². The van der Waals surface area contributed by atoms with E-state index in [-0.39, 0.29) is 10.8 Å². The molecule has 0 unspecified atom stereocenters. The third-order valence-electron chi connectivity index (χ3n) is 6.77. The second kappa shape index (κ2) is 7.18. The molecule has 1 spiro atoms. The van der Waals surface area contributed by atoms with Gasteiger partial charge in [-0.15, -0.1) is 0 Å². The molecule has 2 aromatic rings. The normalized spacial score (nSPS) is 22.9. The van der Waals surface area contributed by atoms with E-state index in [1.54, 1.807) is 30.3 Å². The van der Waals surface area contributed by atoms with Gasteiger partial charge in [0.15, 0.2) is 0 Å². The number of nitrogens with zero attached hydrogens (tertiary/aromatic N) is 2. The lowest BCUT2D eigenvalue weighted by molar-refractivity contribution is -0.142. The Hall–Kier alpha value is -2.22. The van der Waals surface area contributed by atoms with Crippen LogP contribution in [0.4, 0.5) is 0 Å². The van der Waals surface area contributed by atoms with Gasteiger partial charge in [-0.1, -0.05) is 48.5 Å². The molecule has 2 aliphatic heterocycles. The smallest absolute Gasteiger partial charge is 0.245 e. The summed E-state index contributed by atoms with van der Waals surface area (Å²) in [6, 6.07) is 18.5. The van der Waals surface area contributed by atoms with Gasteiger partial charge in [-0.05, 0) is 30.5 Å². The van der Waals surface area contributed by atoms with Crippen molar-refractivity contribution in [2.24, 2.45) is 0 Å². The molecule has 0 bridgehead atoms. The van der Waals surface area contributed by atoms with Crippen molar-refractivity contribution in [3.8, 4) is 0 Å². The monoisotopic (exact) mass is 426 g/mol. The maximum Gasteiger partial charge on any atom is 0.245 e. The van der Waals surface area contributed by atoms with Gasteiger partial charge in [-0.2, -0.15) is 4.31 Å². The molecule has 7 heteroatoms. The number of carbonyl (C=O) groups is 1. The number of amides is 1. The zero-order chi connectivity index (χ0) is 20.8. The zero-order valence-electron chi connectivity index (χ0n) is 16.9. The fourth-order valence-electron chi connectivity index (χ4n) is 4.92. The first-order chi connectivity index (χ1) is 14.5. The highest BCUT2D eigenvalue weighted by Crippen LogP contribution is 2.50. The predicted octanol–water partition coefficient (Wildman–Crippen LogP) is 2.76. The van der Waals surface area contributed by atoms with Gasteiger partial charge in [-0.25, -0.2) is 8.42 Å². The second-order valence-electron chi connectivity index (χ2n) is 8.43. The molecule has 3 aliphatic rings. The molecule has 1 aliphatic carbocycles. The lowest BCUT2D eigenvalue weighted by atomic mass is 9.92. The van der Waals surface area contributed by atoms with Gasteiger partial charge in [0, 0.05) is 32.5 Å². The molecule has 0 aromatic heterocycles. The van der Waals surface area contributed by atoms with Gasteiger partial charge >= 0.3 is 0 Å². The van der Waals surface area contributed by atoms with Crippen LogP contribution in [0.15, 0.2) is 65.6 Å². The third kappa shape index (κ3) is 3.07. The molecule has 0 atom stereocenters. The second-order valence-corrected chi connectivity index (χ2v) is 10.3. The average molecular weight is 427 g/mol. The molecule has 0 radical (unpaired) electrons. The number of carbonyl (C=O) groups excluding carboxylic acids is 1. The molecule has 2 saturated heterocycles. The Morgan fingerprint density at radius 1 is 0.833 bits per heavy atom. The predicted molar refractivity (Wildman–Crippen MR) is 112 cm³/mol. The van der Waals surface area contributed by atoms with Crippen LogP contribution >= 0.6 is 0 Å². The van der Waals surface area contributed by atoms with Crippen molar-refractivity contribution in [1.29, 1.82) is 0 Å². The van der Waals surface area contributed by atoms with Crippen LogP contribution in [0.25, 0.3) is 0 Å². The quantitative estimate of drug-likeness (QED) is 0.754. The Balaban J connectivity index is 1.33. The van der Waals surface area contributed by atoms with E-state index in [0.29, 0.717) is 39.1 Å². The molecule has 6 nitrogen and oxygen atoms in total. The summed E-state index contributed by atoms with van der Waals surface area (Å²) in [4.78, 5) is 15.5. The van der Waals surface area contributed by atoms with E-state index in [0.717, 1.165) is 18.4 Å². The lowest BCUT2D eigenvalue weighted by Crippen LogP contribution is -2.56. The molecular formula is C23H26N2O4S. The number of rotatable bonds is 4. The first-order valence-corrected chi connectivity index (χ1v) is 12.0. The van der Waals surface area contributed by atoms with Crippen LogP contribution in [-0.4, -0.2) is 55.5 Å². The molecule has 30 heavy (non-hydrogen) atoms. The van der Waals surface area contributed by atoms with Crippen molar-refractivity contribution < 1.29 is 17.9 Å². The van der Waals surface area contributed by atoms with E-state index in [1.165, 1.54) is 4.31 Å². The van der Waals surface area contributed by atoms with E-state index in [2.05, 4.69) is 0 Å². The first-order valence-electron chi connectivity index (χ1n) is 10.5. The largest absolute Gasteiger partial charge is 0.358 e. The Bertz CT molecular complexity index is 1030. The maximum absolute atomic E-state index is 13.3. The molecule has 1 saturated carbocycles. The molecule has 3 fully saturated rings. The minimum atomic E-state index is -3.64. The maximum atomic E-state index is 13.3. The summed E-state index contributed by atoms with van der Waals surface area (Å²) >= 11 is 0. The van der Waals surface area contributed by atoms with Crippen LogP contribution in [-0.2, 0) is 25.0 Å². The standard InChI is InChI=1S/C23H26N2O4S/c26-21(22(11-12-22)19-7-3-1-4-8-19)24-15-13-23(14-16-24)25(17-18-29-23)30(27,28)20-9-5-2-6-10-20/h1-10H,11-18H2. The van der Waals surface area contributed by atoms with Gasteiger partial charge in [0.1, 0.15) is 5.72 Å². The number of likely N-dealkylation sites (tertiary alicyclic amines) is 1. The van der Waals surface area contributed by atoms with Crippen LogP contribution in [0.2, 0.25) is 0 Å². The van der Waals surface area contributed by atoms with E-state index in [1.807, 2.05) is 35.2 Å². The molecular weight excluding hydrogens is 400 g/mol. The summed E-state index contributed by atoms with van der Waals surface area (Å²) < 4.78 is 34.0. The van der Waals surface area contributed by atoms with Gasteiger partial charge < -0.3 is 9.64 Å². The number of benzene rings is 2. The Kier molecular flexibility index (Phi) is 4.72. The van der Waals surface area contributed by atoms with Crippen LogP contribution in [0.3, 0.4) is 0 Å². The number of piperidine rings is 1. The molecule has 1 amide bonds. The number of sulfonamides is 1. The van der Waals surface area contributed by atoms with Crippen molar-refractivity contribution >= 4 is 15.9 Å². The fourth-order valence-corrected chi connectivity index (χ4v) is 6.66. The highest BCUT2D eigenvalue weighted by Gasteiger charge is 2.56. The van der Waals surface area contributed by atoms with E-state index in [9.17, 15) is 13.2 Å². The van der Waals surface area contributed by atoms with E-state index >= 15 is 0 Å². The summed E-state index contributed by atoms with van der Waals surface area (Å²) in [6.45, 7) is 1.75. The number of hydrogen-bond donors (Lipinski definition) is 0. The third-order valence-corrected chi connectivity index (χ3v) is 8.73. The van der Waals surface area contributed by atoms with Gasteiger partial charge in [0.25, 0.3) is 0 Å². The van der Waals surface area contributed by atoms with Crippen molar-refractivity contribution in [1.82, 2.24) is 9.21 Å². The fraction of sp³-hybridized carbons (Fsp3) is 0.435. The number of hydrogen-bond acceptors (Lipinski definition) is 4. The first kappa shape index (κ1) is 19.7. The number of ether oxygens (including phenoxy) is 1. The summed E-state index contributed by atoms with van der Waals surface area (Å²) in [6.07, 6.45) is 2.75. The van der Waals surface area contributed by atoms with Crippen LogP contribution in [0.1, 0.15) is 31.2 Å². The van der Waals surface area contributed by atoms with E-state index < -0.39 is 21.2 Å². The highest BCUT2D eigenvalue weighted by atomic mass is 32.2. The summed E-state index contributed by atoms with van der Waals surface area (Å²) in [5.41, 5.74) is -0.159. The summed E-state index contributed by atoms with van der Waals surface area (Å²) in [5, 5.41) is 0. The Morgan fingerprint density at radius 3 is 2.03 bits per heavy atom.